The second kappa shape index (κ2) is 7.95. The molecule has 0 aliphatic carbocycles. The monoisotopic (exact) mass is 282 g/mol. The molecule has 1 rings (SSSR count). The van der Waals surface area contributed by atoms with Crippen LogP contribution < -0.4 is 0 Å². The van der Waals surface area contributed by atoms with Crippen molar-refractivity contribution in [3.63, 3.8) is 0 Å². The summed E-state index contributed by atoms with van der Waals surface area (Å²) in [5.74, 6) is 0.231. The molecule has 0 unspecified atom stereocenters. The van der Waals surface area contributed by atoms with Crippen molar-refractivity contribution in [2.24, 2.45) is 0 Å². The Balaban J connectivity index is 2.63. The summed E-state index contributed by atoms with van der Waals surface area (Å²) in [6.07, 6.45) is 3.44. The van der Waals surface area contributed by atoms with Gasteiger partial charge in [-0.05, 0) is 25.5 Å². The van der Waals surface area contributed by atoms with E-state index in [0.29, 0.717) is 0 Å². The van der Waals surface area contributed by atoms with Crippen molar-refractivity contribution in [1.82, 2.24) is 0 Å². The van der Waals surface area contributed by atoms with Crippen molar-refractivity contribution in [2.75, 3.05) is 13.2 Å². The Morgan fingerprint density at radius 2 is 1.79 bits per heavy atom. The van der Waals surface area contributed by atoms with Crippen LogP contribution in [0.25, 0.3) is 6.08 Å². The van der Waals surface area contributed by atoms with Crippen molar-refractivity contribution in [3.8, 4) is 0 Å². The van der Waals surface area contributed by atoms with Crippen molar-refractivity contribution < 1.29 is 18.1 Å². The number of hydrogen-bond donors (Lipinski definition) is 0. The SMILES string of the molecule is C=C(/C=C/c1ccccc1)OP(=O)(OCC)OCC. The smallest absolute Gasteiger partial charge is 0.405 e. The lowest BCUT2D eigenvalue weighted by Gasteiger charge is -2.16. The molecule has 0 bridgehead atoms. The van der Waals surface area contributed by atoms with E-state index in [2.05, 4.69) is 6.58 Å². The molecule has 1 aromatic rings. The summed E-state index contributed by atoms with van der Waals surface area (Å²) >= 11 is 0. The molecule has 0 saturated heterocycles. The standard InChI is InChI=1S/C14H19O4P/c1-4-16-19(15,17-5-2)18-13(3)11-12-14-9-7-6-8-10-14/h6-12H,3-5H2,1-2H3/b12-11+. The Bertz CT molecular complexity index is 458. The van der Waals surface area contributed by atoms with Crippen LogP contribution in [0.15, 0.2) is 48.7 Å². The van der Waals surface area contributed by atoms with Crippen LogP contribution >= 0.6 is 7.82 Å². The van der Waals surface area contributed by atoms with E-state index in [1.807, 2.05) is 36.4 Å². The number of hydrogen-bond acceptors (Lipinski definition) is 4. The van der Waals surface area contributed by atoms with Gasteiger partial charge in [0.1, 0.15) is 5.76 Å². The van der Waals surface area contributed by atoms with Gasteiger partial charge >= 0.3 is 7.82 Å². The summed E-state index contributed by atoms with van der Waals surface area (Å²) < 4.78 is 27.3. The van der Waals surface area contributed by atoms with Crippen LogP contribution in [-0.2, 0) is 18.1 Å². The molecule has 4 nitrogen and oxygen atoms in total. The highest BCUT2D eigenvalue weighted by molar-refractivity contribution is 7.48. The number of allylic oxidation sites excluding steroid dienone is 1. The van der Waals surface area contributed by atoms with E-state index in [1.54, 1.807) is 19.9 Å². The topological polar surface area (TPSA) is 44.8 Å². The molecule has 0 N–H and O–H groups in total. The van der Waals surface area contributed by atoms with Gasteiger partial charge in [0.15, 0.2) is 0 Å². The normalized spacial score (nSPS) is 11.7. The highest BCUT2D eigenvalue weighted by Crippen LogP contribution is 2.51. The van der Waals surface area contributed by atoms with Gasteiger partial charge in [-0.15, -0.1) is 0 Å². The van der Waals surface area contributed by atoms with Gasteiger partial charge in [0, 0.05) is 0 Å². The second-order valence-corrected chi connectivity index (χ2v) is 5.18. The van der Waals surface area contributed by atoms with E-state index in [9.17, 15) is 4.57 Å². The van der Waals surface area contributed by atoms with E-state index in [0.717, 1.165) is 5.56 Å². The lowest BCUT2D eigenvalue weighted by molar-refractivity contribution is 0.148. The molecular formula is C14H19O4P. The maximum absolute atomic E-state index is 12.1. The van der Waals surface area contributed by atoms with Crippen molar-refractivity contribution in [2.45, 2.75) is 13.8 Å². The third kappa shape index (κ3) is 5.88. The molecule has 0 aromatic heterocycles. The lowest BCUT2D eigenvalue weighted by Crippen LogP contribution is -1.98. The van der Waals surface area contributed by atoms with Crippen LogP contribution in [0.2, 0.25) is 0 Å². The summed E-state index contributed by atoms with van der Waals surface area (Å²) in [5.41, 5.74) is 0.995. The molecule has 0 amide bonds. The maximum Gasteiger partial charge on any atom is 0.530 e. The fourth-order valence-electron chi connectivity index (χ4n) is 1.33. The van der Waals surface area contributed by atoms with Crippen LogP contribution in [0, 0.1) is 0 Å². The molecule has 0 aliphatic rings. The average molecular weight is 282 g/mol. The Labute approximate surface area is 114 Å². The first-order chi connectivity index (χ1) is 9.09. The van der Waals surface area contributed by atoms with Gasteiger partial charge in [-0.1, -0.05) is 43.0 Å². The zero-order valence-corrected chi connectivity index (χ0v) is 12.1. The molecular weight excluding hydrogens is 263 g/mol. The molecule has 0 heterocycles. The Morgan fingerprint density at radius 3 is 2.32 bits per heavy atom. The molecule has 0 radical (unpaired) electrons. The Morgan fingerprint density at radius 1 is 1.21 bits per heavy atom. The Hall–Kier alpha value is -1.35. The quantitative estimate of drug-likeness (QED) is 0.402. The first kappa shape index (κ1) is 15.7. The summed E-state index contributed by atoms with van der Waals surface area (Å²) in [4.78, 5) is 0. The fraction of sp³-hybridized carbons (Fsp3) is 0.286. The first-order valence-electron chi connectivity index (χ1n) is 6.10. The molecule has 0 fully saturated rings. The minimum absolute atomic E-state index is 0.231. The molecule has 1 aromatic carbocycles. The van der Waals surface area contributed by atoms with E-state index >= 15 is 0 Å². The van der Waals surface area contributed by atoms with Crippen molar-refractivity contribution in [1.29, 1.82) is 0 Å². The molecule has 0 atom stereocenters. The molecule has 5 heteroatoms. The molecule has 0 aliphatic heterocycles. The van der Waals surface area contributed by atoms with Crippen LogP contribution in [0.4, 0.5) is 0 Å². The molecule has 0 spiro atoms. The summed E-state index contributed by atoms with van der Waals surface area (Å²) in [7, 11) is -3.55. The van der Waals surface area contributed by atoms with E-state index < -0.39 is 7.82 Å². The number of rotatable bonds is 8. The van der Waals surface area contributed by atoms with Gasteiger partial charge in [-0.3, -0.25) is 9.05 Å². The van der Waals surface area contributed by atoms with Gasteiger partial charge in [-0.25, -0.2) is 4.57 Å². The number of benzene rings is 1. The maximum atomic E-state index is 12.1. The molecule has 19 heavy (non-hydrogen) atoms. The minimum atomic E-state index is -3.55. The molecule has 104 valence electrons. The van der Waals surface area contributed by atoms with Gasteiger partial charge in [0.05, 0.1) is 13.2 Å². The zero-order valence-electron chi connectivity index (χ0n) is 11.2. The minimum Gasteiger partial charge on any atom is -0.405 e. The van der Waals surface area contributed by atoms with Gasteiger partial charge in [0.2, 0.25) is 0 Å². The van der Waals surface area contributed by atoms with Crippen LogP contribution in [0.5, 0.6) is 0 Å². The molecule has 0 saturated carbocycles. The van der Waals surface area contributed by atoms with Gasteiger partial charge in [-0.2, -0.15) is 0 Å². The third-order valence-corrected chi connectivity index (χ3v) is 3.67. The Kier molecular flexibility index (Phi) is 6.57. The van der Waals surface area contributed by atoms with Crippen LogP contribution in [-0.4, -0.2) is 13.2 Å². The van der Waals surface area contributed by atoms with Gasteiger partial charge < -0.3 is 4.52 Å². The largest absolute Gasteiger partial charge is 0.530 e. The van der Waals surface area contributed by atoms with Crippen molar-refractivity contribution in [3.05, 3.63) is 54.3 Å². The zero-order chi connectivity index (χ0) is 14.1. The predicted octanol–water partition coefficient (Wildman–Crippen LogP) is 4.41. The number of phosphoric acid groups is 1. The van der Waals surface area contributed by atoms with E-state index in [-0.39, 0.29) is 19.0 Å². The van der Waals surface area contributed by atoms with E-state index in [4.69, 9.17) is 13.6 Å². The highest BCUT2D eigenvalue weighted by Gasteiger charge is 2.26. The van der Waals surface area contributed by atoms with Crippen molar-refractivity contribution >= 4 is 13.9 Å². The second-order valence-electron chi connectivity index (χ2n) is 3.58. The average Bonchev–Trinajstić information content (AvgIpc) is 2.38. The van der Waals surface area contributed by atoms with Crippen LogP contribution in [0.1, 0.15) is 19.4 Å². The lowest BCUT2D eigenvalue weighted by atomic mass is 10.2. The predicted molar refractivity (Wildman–Crippen MR) is 76.6 cm³/mol. The van der Waals surface area contributed by atoms with E-state index in [1.165, 1.54) is 0 Å². The van der Waals surface area contributed by atoms with Crippen LogP contribution in [0.3, 0.4) is 0 Å². The summed E-state index contributed by atoms with van der Waals surface area (Å²) in [5, 5.41) is 0. The van der Waals surface area contributed by atoms with Gasteiger partial charge in [0.25, 0.3) is 0 Å². The fourth-order valence-corrected chi connectivity index (χ4v) is 2.49. The summed E-state index contributed by atoms with van der Waals surface area (Å²) in [6, 6.07) is 9.66. The highest BCUT2D eigenvalue weighted by atomic mass is 31.2. The summed E-state index contributed by atoms with van der Waals surface area (Å²) in [6.45, 7) is 7.60. The first-order valence-corrected chi connectivity index (χ1v) is 7.56. The number of phosphoric ester groups is 1. The third-order valence-electron chi connectivity index (χ3n) is 2.06.